The van der Waals surface area contributed by atoms with E-state index in [4.69, 9.17) is 0 Å². The minimum atomic E-state index is -0.159. The molecular formula is C13H20N2O2S. The van der Waals surface area contributed by atoms with Crippen molar-refractivity contribution in [3.05, 3.63) is 0 Å². The SMILES string of the molecule is CC(=O)[C@@H]1CC[C@H]2CS[C@H]3C[C@H](C(=O)N21)N(C)C3. The molecule has 0 aromatic rings. The quantitative estimate of drug-likeness (QED) is 0.704. The summed E-state index contributed by atoms with van der Waals surface area (Å²) in [5, 5.41) is 0.600. The first-order valence-electron chi connectivity index (χ1n) is 6.72. The van der Waals surface area contributed by atoms with Gasteiger partial charge in [0, 0.05) is 23.6 Å². The largest absolute Gasteiger partial charge is 0.327 e. The molecule has 0 spiro atoms. The molecule has 0 aliphatic carbocycles. The standard InChI is InChI=1S/C13H20N2O2S/c1-8(16)11-4-3-9-7-18-10-5-12(14(2)6-10)13(17)15(9)11/h9-12H,3-7H2,1-2H3/t9-,10-,11-,12+/m0/s1. The van der Waals surface area contributed by atoms with Gasteiger partial charge in [0.2, 0.25) is 5.91 Å². The molecule has 3 saturated heterocycles. The van der Waals surface area contributed by atoms with Crippen LogP contribution in [0.1, 0.15) is 26.2 Å². The second-order valence-electron chi connectivity index (χ2n) is 5.75. The lowest BCUT2D eigenvalue weighted by molar-refractivity contribution is -0.142. The van der Waals surface area contributed by atoms with Crippen molar-refractivity contribution in [2.24, 2.45) is 0 Å². The molecule has 0 aromatic carbocycles. The third-order valence-electron chi connectivity index (χ3n) is 4.55. The first kappa shape index (κ1) is 12.5. The number of amides is 1. The third-order valence-corrected chi connectivity index (χ3v) is 5.94. The van der Waals surface area contributed by atoms with Gasteiger partial charge in [0.05, 0.1) is 12.1 Å². The first-order valence-corrected chi connectivity index (χ1v) is 7.77. The third kappa shape index (κ3) is 1.88. The van der Waals surface area contributed by atoms with Gasteiger partial charge in [-0.3, -0.25) is 14.5 Å². The lowest BCUT2D eigenvalue weighted by atomic mass is 10.1. The van der Waals surface area contributed by atoms with E-state index in [9.17, 15) is 9.59 Å². The maximum atomic E-state index is 12.7. The predicted molar refractivity (Wildman–Crippen MR) is 71.6 cm³/mol. The van der Waals surface area contributed by atoms with Crippen LogP contribution in [0.5, 0.6) is 0 Å². The monoisotopic (exact) mass is 268 g/mol. The van der Waals surface area contributed by atoms with Gasteiger partial charge < -0.3 is 4.90 Å². The van der Waals surface area contributed by atoms with Gasteiger partial charge in [-0.1, -0.05) is 0 Å². The number of carbonyl (C=O) groups is 2. The molecule has 0 aromatic heterocycles. The fourth-order valence-corrected chi connectivity index (χ4v) is 5.04. The number of fused-ring (bicyclic) bond motifs is 3. The normalized spacial score (nSPS) is 40.6. The van der Waals surface area contributed by atoms with Crippen molar-refractivity contribution < 1.29 is 9.59 Å². The van der Waals surface area contributed by atoms with Crippen LogP contribution in [0.2, 0.25) is 0 Å². The van der Waals surface area contributed by atoms with Crippen molar-refractivity contribution in [1.82, 2.24) is 9.80 Å². The van der Waals surface area contributed by atoms with Crippen LogP contribution in [0.25, 0.3) is 0 Å². The molecule has 0 saturated carbocycles. The highest BCUT2D eigenvalue weighted by molar-refractivity contribution is 8.00. The van der Waals surface area contributed by atoms with Gasteiger partial charge in [-0.15, -0.1) is 0 Å². The summed E-state index contributed by atoms with van der Waals surface area (Å²) in [6, 6.07) is 0.132. The predicted octanol–water partition coefficient (Wildman–Crippen LogP) is 0.754. The van der Waals surface area contributed by atoms with Gasteiger partial charge in [0.1, 0.15) is 0 Å². The fourth-order valence-electron chi connectivity index (χ4n) is 3.56. The Labute approximate surface area is 112 Å². The Bertz CT molecular complexity index is 387. The van der Waals surface area contributed by atoms with Crippen LogP contribution in [0.3, 0.4) is 0 Å². The van der Waals surface area contributed by atoms with Crippen molar-refractivity contribution in [2.45, 2.75) is 49.6 Å². The lowest BCUT2D eigenvalue weighted by Crippen LogP contribution is -2.52. The average molecular weight is 268 g/mol. The summed E-state index contributed by atoms with van der Waals surface area (Å²) in [7, 11) is 2.03. The smallest absolute Gasteiger partial charge is 0.240 e. The number of nitrogens with zero attached hydrogens (tertiary/aromatic N) is 2. The summed E-state index contributed by atoms with van der Waals surface area (Å²) in [6.07, 6.45) is 2.80. The number of hydrogen-bond donors (Lipinski definition) is 0. The highest BCUT2D eigenvalue weighted by Crippen LogP contribution is 2.37. The Balaban J connectivity index is 1.89. The summed E-state index contributed by atoms with van der Waals surface area (Å²) in [4.78, 5) is 28.5. The molecule has 2 bridgehead atoms. The Kier molecular flexibility index (Phi) is 3.14. The number of ketones is 1. The van der Waals surface area contributed by atoms with E-state index in [1.54, 1.807) is 6.92 Å². The second-order valence-corrected chi connectivity index (χ2v) is 7.08. The summed E-state index contributed by atoms with van der Waals surface area (Å²) in [5.41, 5.74) is 0. The van der Waals surface area contributed by atoms with Crippen molar-refractivity contribution in [2.75, 3.05) is 19.3 Å². The highest BCUT2D eigenvalue weighted by atomic mass is 32.2. The molecule has 3 aliphatic rings. The number of hydrogen-bond acceptors (Lipinski definition) is 4. The minimum absolute atomic E-state index is 0.00486. The molecular weight excluding hydrogens is 248 g/mol. The number of rotatable bonds is 1. The van der Waals surface area contributed by atoms with Crippen molar-refractivity contribution in [3.63, 3.8) is 0 Å². The molecule has 100 valence electrons. The zero-order valence-corrected chi connectivity index (χ0v) is 11.8. The number of likely N-dealkylation sites (N-methyl/N-ethyl adjacent to an activating group) is 1. The molecule has 3 fully saturated rings. The molecule has 18 heavy (non-hydrogen) atoms. The average Bonchev–Trinajstić information content (AvgIpc) is 2.87. The zero-order valence-electron chi connectivity index (χ0n) is 11.0. The number of carbonyl (C=O) groups excluding carboxylic acids is 2. The maximum absolute atomic E-state index is 12.7. The topological polar surface area (TPSA) is 40.6 Å². The zero-order chi connectivity index (χ0) is 12.9. The van der Waals surface area contributed by atoms with E-state index in [2.05, 4.69) is 4.90 Å². The van der Waals surface area contributed by atoms with Crippen LogP contribution in [-0.4, -0.2) is 64.2 Å². The van der Waals surface area contributed by atoms with Crippen LogP contribution < -0.4 is 0 Å². The lowest BCUT2D eigenvalue weighted by Gasteiger charge is -2.34. The van der Waals surface area contributed by atoms with Crippen molar-refractivity contribution in [1.29, 1.82) is 0 Å². The molecule has 3 rings (SSSR count). The number of thioether (sulfide) groups is 1. The van der Waals surface area contributed by atoms with E-state index in [1.165, 1.54) is 0 Å². The summed E-state index contributed by atoms with van der Waals surface area (Å²) < 4.78 is 0. The molecule has 3 heterocycles. The molecule has 4 atom stereocenters. The highest BCUT2D eigenvalue weighted by Gasteiger charge is 2.47. The second kappa shape index (κ2) is 4.53. The Morgan fingerprint density at radius 1 is 1.39 bits per heavy atom. The van der Waals surface area contributed by atoms with Gasteiger partial charge in [-0.25, -0.2) is 0 Å². The molecule has 0 N–H and O–H groups in total. The van der Waals surface area contributed by atoms with Crippen LogP contribution in [0.4, 0.5) is 0 Å². The van der Waals surface area contributed by atoms with E-state index in [-0.39, 0.29) is 29.8 Å². The maximum Gasteiger partial charge on any atom is 0.240 e. The van der Waals surface area contributed by atoms with E-state index in [0.29, 0.717) is 5.25 Å². The van der Waals surface area contributed by atoms with Gasteiger partial charge in [-0.2, -0.15) is 11.8 Å². The Morgan fingerprint density at radius 3 is 2.89 bits per heavy atom. The van der Waals surface area contributed by atoms with Crippen molar-refractivity contribution >= 4 is 23.5 Å². The number of Topliss-reactive ketones (excluding diaryl/α,β-unsaturated/α-hetero) is 1. The Morgan fingerprint density at radius 2 is 2.17 bits per heavy atom. The molecule has 3 aliphatic heterocycles. The van der Waals surface area contributed by atoms with Gasteiger partial charge in [-0.05, 0) is 33.2 Å². The van der Waals surface area contributed by atoms with Gasteiger partial charge in [0.25, 0.3) is 0 Å². The van der Waals surface area contributed by atoms with Crippen LogP contribution in [-0.2, 0) is 9.59 Å². The summed E-state index contributed by atoms with van der Waals surface area (Å²) in [6.45, 7) is 2.62. The van der Waals surface area contributed by atoms with Crippen molar-refractivity contribution in [3.8, 4) is 0 Å². The molecule has 5 heteroatoms. The molecule has 0 unspecified atom stereocenters. The molecule has 4 nitrogen and oxygen atoms in total. The first-order chi connectivity index (χ1) is 8.58. The van der Waals surface area contributed by atoms with Crippen LogP contribution >= 0.6 is 11.8 Å². The number of likely N-dealkylation sites (tertiary alicyclic amines) is 1. The van der Waals surface area contributed by atoms with Gasteiger partial charge >= 0.3 is 0 Å². The summed E-state index contributed by atoms with van der Waals surface area (Å²) in [5.74, 6) is 1.34. The molecule has 1 amide bonds. The van der Waals surface area contributed by atoms with E-state index in [1.807, 2.05) is 23.7 Å². The minimum Gasteiger partial charge on any atom is -0.327 e. The van der Waals surface area contributed by atoms with E-state index >= 15 is 0 Å². The molecule has 0 radical (unpaired) electrons. The fraction of sp³-hybridized carbons (Fsp3) is 0.846. The summed E-state index contributed by atoms with van der Waals surface area (Å²) >= 11 is 1.99. The van der Waals surface area contributed by atoms with E-state index in [0.717, 1.165) is 31.6 Å². The van der Waals surface area contributed by atoms with Gasteiger partial charge in [0.15, 0.2) is 5.78 Å². The van der Waals surface area contributed by atoms with Crippen LogP contribution in [0.15, 0.2) is 0 Å². The Hall–Kier alpha value is -0.550. The van der Waals surface area contributed by atoms with E-state index < -0.39 is 0 Å². The van der Waals surface area contributed by atoms with Crippen LogP contribution in [0, 0.1) is 0 Å².